The summed E-state index contributed by atoms with van der Waals surface area (Å²) in [5.74, 6) is -1.98. The largest absolute Gasteiger partial charge is 0.478 e. The molecule has 2 aromatic carbocycles. The highest BCUT2D eigenvalue weighted by molar-refractivity contribution is 8.00. The molecule has 0 aliphatic rings. The maximum atomic E-state index is 12.4. The Hall–Kier alpha value is -2.48. The zero-order valence-corrected chi connectivity index (χ0v) is 16.9. The summed E-state index contributed by atoms with van der Waals surface area (Å²) in [5.41, 5.74) is 0.950. The van der Waals surface area contributed by atoms with Gasteiger partial charge in [-0.1, -0.05) is 23.2 Å². The van der Waals surface area contributed by atoms with Crippen molar-refractivity contribution >= 4 is 64.1 Å². The quantitative estimate of drug-likeness (QED) is 0.430. The molecule has 0 saturated carbocycles. The van der Waals surface area contributed by atoms with Crippen molar-refractivity contribution in [3.8, 4) is 0 Å². The van der Waals surface area contributed by atoms with Gasteiger partial charge in [-0.25, -0.2) is 4.79 Å². The van der Waals surface area contributed by atoms with Crippen molar-refractivity contribution in [2.75, 3.05) is 10.6 Å². The number of aliphatic carboxylic acids is 1. The molecule has 0 bridgehead atoms. The Labute approximate surface area is 175 Å². The summed E-state index contributed by atoms with van der Waals surface area (Å²) >= 11 is 13.3. The maximum Gasteiger partial charge on any atom is 0.328 e. The molecule has 0 fully saturated rings. The number of hydrogen-bond acceptors (Lipinski definition) is 4. The predicted molar refractivity (Wildman–Crippen MR) is 112 cm³/mol. The lowest BCUT2D eigenvalue weighted by Crippen LogP contribution is -2.22. The number of nitrogens with one attached hydrogen (secondary N) is 2. The van der Waals surface area contributed by atoms with Crippen LogP contribution in [0.4, 0.5) is 11.4 Å². The molecule has 0 aliphatic carbocycles. The maximum absolute atomic E-state index is 12.4. The first kappa shape index (κ1) is 21.8. The van der Waals surface area contributed by atoms with Crippen LogP contribution in [0, 0.1) is 0 Å². The third-order valence-corrected chi connectivity index (χ3v) is 5.04. The number of rotatable bonds is 7. The second-order valence-electron chi connectivity index (χ2n) is 5.56. The van der Waals surface area contributed by atoms with E-state index >= 15 is 0 Å². The molecular formula is C19H16Cl2N2O4S. The van der Waals surface area contributed by atoms with Gasteiger partial charge in [0.1, 0.15) is 0 Å². The number of amides is 2. The first-order chi connectivity index (χ1) is 13.2. The van der Waals surface area contributed by atoms with Gasteiger partial charge in [0.25, 0.3) is 0 Å². The standard InChI is InChI=1S/C19H16Cl2N2O4S/c1-11(19(27)23-16-10-12(20)2-7-15(16)21)28-14-5-3-13(4-6-14)22-17(24)8-9-18(25)26/h2-11H,1H3,(H,22,24)(H,23,27)(H,25,26)/b9-8+. The molecule has 2 aromatic rings. The minimum atomic E-state index is -1.20. The lowest BCUT2D eigenvalue weighted by Gasteiger charge is -2.13. The molecule has 0 radical (unpaired) electrons. The van der Waals surface area contributed by atoms with E-state index in [0.717, 1.165) is 17.0 Å². The summed E-state index contributed by atoms with van der Waals surface area (Å²) in [6, 6.07) is 11.6. The summed E-state index contributed by atoms with van der Waals surface area (Å²) in [6.45, 7) is 1.75. The monoisotopic (exact) mass is 438 g/mol. The lowest BCUT2D eigenvalue weighted by atomic mass is 10.3. The van der Waals surface area contributed by atoms with Gasteiger partial charge in [0.15, 0.2) is 0 Å². The van der Waals surface area contributed by atoms with Crippen LogP contribution in [-0.4, -0.2) is 28.1 Å². The number of carbonyl (C=O) groups is 3. The average Bonchev–Trinajstić information content (AvgIpc) is 2.64. The van der Waals surface area contributed by atoms with Gasteiger partial charge >= 0.3 is 5.97 Å². The van der Waals surface area contributed by atoms with Crippen LogP contribution < -0.4 is 10.6 Å². The molecule has 0 heterocycles. The molecule has 3 N–H and O–H groups in total. The molecule has 0 saturated heterocycles. The summed E-state index contributed by atoms with van der Waals surface area (Å²) in [6.07, 6.45) is 1.68. The summed E-state index contributed by atoms with van der Waals surface area (Å²) in [4.78, 5) is 35.1. The Morgan fingerprint density at radius 3 is 2.36 bits per heavy atom. The van der Waals surface area contributed by atoms with E-state index in [1.165, 1.54) is 11.8 Å². The van der Waals surface area contributed by atoms with Crippen LogP contribution in [0.2, 0.25) is 10.0 Å². The molecule has 0 aliphatic heterocycles. The van der Waals surface area contributed by atoms with E-state index in [9.17, 15) is 14.4 Å². The molecular weight excluding hydrogens is 423 g/mol. The van der Waals surface area contributed by atoms with Gasteiger partial charge in [0, 0.05) is 27.8 Å². The molecule has 9 heteroatoms. The second-order valence-corrected chi connectivity index (χ2v) is 7.82. The molecule has 2 rings (SSSR count). The van der Waals surface area contributed by atoms with E-state index in [1.54, 1.807) is 49.4 Å². The van der Waals surface area contributed by atoms with Gasteiger partial charge < -0.3 is 15.7 Å². The highest BCUT2D eigenvalue weighted by Crippen LogP contribution is 2.28. The average molecular weight is 439 g/mol. The van der Waals surface area contributed by atoms with E-state index in [2.05, 4.69) is 10.6 Å². The van der Waals surface area contributed by atoms with Crippen molar-refractivity contribution in [2.24, 2.45) is 0 Å². The van der Waals surface area contributed by atoms with Gasteiger partial charge in [-0.3, -0.25) is 9.59 Å². The van der Waals surface area contributed by atoms with Crippen LogP contribution in [0.3, 0.4) is 0 Å². The zero-order valence-electron chi connectivity index (χ0n) is 14.6. The van der Waals surface area contributed by atoms with Crippen molar-refractivity contribution in [3.05, 3.63) is 64.7 Å². The molecule has 28 heavy (non-hydrogen) atoms. The fourth-order valence-electron chi connectivity index (χ4n) is 2.03. The number of benzene rings is 2. The summed E-state index contributed by atoms with van der Waals surface area (Å²) in [7, 11) is 0. The van der Waals surface area contributed by atoms with Crippen LogP contribution in [-0.2, 0) is 14.4 Å². The van der Waals surface area contributed by atoms with E-state index in [-0.39, 0.29) is 5.91 Å². The van der Waals surface area contributed by atoms with E-state index < -0.39 is 17.1 Å². The molecule has 1 atom stereocenters. The molecule has 0 aromatic heterocycles. The van der Waals surface area contributed by atoms with E-state index in [1.807, 2.05) is 0 Å². The number of anilines is 2. The molecule has 1 unspecified atom stereocenters. The second kappa shape index (κ2) is 10.2. The Kier molecular flexibility index (Phi) is 7.92. The fourth-order valence-corrected chi connectivity index (χ4v) is 3.24. The number of thioether (sulfide) groups is 1. The van der Waals surface area contributed by atoms with Crippen molar-refractivity contribution in [3.63, 3.8) is 0 Å². The van der Waals surface area contributed by atoms with E-state index in [0.29, 0.717) is 21.4 Å². The van der Waals surface area contributed by atoms with Crippen molar-refractivity contribution in [1.29, 1.82) is 0 Å². The Balaban J connectivity index is 1.93. The fraction of sp³-hybridized carbons (Fsp3) is 0.105. The molecule has 6 nitrogen and oxygen atoms in total. The molecule has 146 valence electrons. The Morgan fingerprint density at radius 1 is 1.04 bits per heavy atom. The molecule has 2 amide bonds. The topological polar surface area (TPSA) is 95.5 Å². The Bertz CT molecular complexity index is 917. The van der Waals surface area contributed by atoms with Crippen LogP contribution >= 0.6 is 35.0 Å². The smallest absolute Gasteiger partial charge is 0.328 e. The first-order valence-corrected chi connectivity index (χ1v) is 9.63. The van der Waals surface area contributed by atoms with Gasteiger partial charge in [-0.05, 0) is 49.4 Å². The number of carboxylic acids is 1. The van der Waals surface area contributed by atoms with Crippen molar-refractivity contribution in [2.45, 2.75) is 17.1 Å². The van der Waals surface area contributed by atoms with Crippen LogP contribution in [0.1, 0.15) is 6.92 Å². The first-order valence-electron chi connectivity index (χ1n) is 7.99. The number of halogens is 2. The third kappa shape index (κ3) is 6.92. The van der Waals surface area contributed by atoms with Crippen LogP contribution in [0.5, 0.6) is 0 Å². The number of carbonyl (C=O) groups excluding carboxylic acids is 2. The van der Waals surface area contributed by atoms with Gasteiger partial charge in [-0.15, -0.1) is 11.8 Å². The minimum Gasteiger partial charge on any atom is -0.478 e. The van der Waals surface area contributed by atoms with Gasteiger partial charge in [0.05, 0.1) is 16.0 Å². The van der Waals surface area contributed by atoms with Crippen molar-refractivity contribution in [1.82, 2.24) is 0 Å². The number of hydrogen-bond donors (Lipinski definition) is 3. The third-order valence-electron chi connectivity index (χ3n) is 3.37. The zero-order chi connectivity index (χ0) is 20.7. The lowest BCUT2D eigenvalue weighted by molar-refractivity contribution is -0.131. The van der Waals surface area contributed by atoms with Gasteiger partial charge in [-0.2, -0.15) is 0 Å². The molecule has 0 spiro atoms. The van der Waals surface area contributed by atoms with Crippen molar-refractivity contribution < 1.29 is 19.5 Å². The Morgan fingerprint density at radius 2 is 1.71 bits per heavy atom. The highest BCUT2D eigenvalue weighted by atomic mass is 35.5. The normalized spacial score (nSPS) is 11.8. The summed E-state index contributed by atoms with van der Waals surface area (Å²) < 4.78 is 0. The van der Waals surface area contributed by atoms with Crippen LogP contribution in [0.25, 0.3) is 0 Å². The summed E-state index contributed by atoms with van der Waals surface area (Å²) in [5, 5.41) is 14.2. The van der Waals surface area contributed by atoms with Gasteiger partial charge in [0.2, 0.25) is 11.8 Å². The number of carboxylic acid groups (broad SMARTS) is 1. The van der Waals surface area contributed by atoms with E-state index in [4.69, 9.17) is 28.3 Å². The van der Waals surface area contributed by atoms with Crippen LogP contribution in [0.15, 0.2) is 59.5 Å². The highest BCUT2D eigenvalue weighted by Gasteiger charge is 2.16. The minimum absolute atomic E-state index is 0.231. The predicted octanol–water partition coefficient (Wildman–Crippen LogP) is 4.69. The SMILES string of the molecule is CC(Sc1ccc(NC(=O)/C=C/C(=O)O)cc1)C(=O)Nc1cc(Cl)ccc1Cl.